The first-order valence-corrected chi connectivity index (χ1v) is 10.9. The number of hydrogen-bond acceptors (Lipinski definition) is 6. The summed E-state index contributed by atoms with van der Waals surface area (Å²) in [7, 11) is 0. The first-order valence-electron chi connectivity index (χ1n) is 10.1. The second-order valence-electron chi connectivity index (χ2n) is 7.87. The van der Waals surface area contributed by atoms with Gasteiger partial charge in [0.2, 0.25) is 0 Å². The van der Waals surface area contributed by atoms with E-state index in [2.05, 4.69) is 32.1 Å². The molecular weight excluding hydrogens is 460 g/mol. The van der Waals surface area contributed by atoms with Gasteiger partial charge < -0.3 is 10.8 Å². The van der Waals surface area contributed by atoms with Crippen molar-refractivity contribution < 1.29 is 9.90 Å². The fraction of sp³-hybridized carbons (Fsp3) is 0.273. The van der Waals surface area contributed by atoms with Crippen molar-refractivity contribution in [3.05, 3.63) is 52.9 Å². The lowest BCUT2D eigenvalue weighted by atomic mass is 9.94. The summed E-state index contributed by atoms with van der Waals surface area (Å²) in [6.07, 6.45) is 5.43. The lowest BCUT2D eigenvalue weighted by Crippen LogP contribution is -2.38. The van der Waals surface area contributed by atoms with Gasteiger partial charge in [-0.25, -0.2) is 4.98 Å². The highest BCUT2D eigenvalue weighted by molar-refractivity contribution is 9.10. The van der Waals surface area contributed by atoms with Crippen LogP contribution in [0.15, 0.2) is 47.2 Å². The molecular formula is C22H21BrN6O2. The summed E-state index contributed by atoms with van der Waals surface area (Å²) in [6, 6.07) is 10.0. The Morgan fingerprint density at radius 3 is 2.97 bits per heavy atom. The largest absolute Gasteiger partial charge is 0.480 e. The predicted molar refractivity (Wildman–Crippen MR) is 122 cm³/mol. The maximum atomic E-state index is 11.2. The number of rotatable bonds is 4. The minimum atomic E-state index is -0.815. The molecule has 1 aliphatic heterocycles. The van der Waals surface area contributed by atoms with Crippen LogP contribution in [-0.4, -0.2) is 55.2 Å². The number of fused-ring (bicyclic) bond motifs is 2. The first kappa shape index (κ1) is 19.9. The topological polar surface area (TPSA) is 110 Å². The number of halogens is 1. The van der Waals surface area contributed by atoms with Crippen molar-refractivity contribution in [2.45, 2.75) is 18.8 Å². The van der Waals surface area contributed by atoms with Crippen LogP contribution in [0, 0.1) is 0 Å². The van der Waals surface area contributed by atoms with Crippen molar-refractivity contribution in [2.24, 2.45) is 0 Å². The minimum absolute atomic E-state index is 0.0343. The standard InChI is InChI=1S/C22H21BrN6O2/c23-19-20(14-5-3-7-28(11-14)12-18(30)31)27-22-16(10-26-29(22)21(19)24)15-8-13-4-1-2-6-17(13)25-9-15/h1-2,4,6,8-10,14H,3,5,7,11-12,24H2,(H,30,31). The zero-order chi connectivity index (χ0) is 21.5. The summed E-state index contributed by atoms with van der Waals surface area (Å²) in [6.45, 7) is 1.44. The molecule has 0 bridgehead atoms. The fourth-order valence-electron chi connectivity index (χ4n) is 4.32. The smallest absolute Gasteiger partial charge is 0.317 e. The molecule has 1 aromatic carbocycles. The van der Waals surface area contributed by atoms with Gasteiger partial charge in [0.15, 0.2) is 5.65 Å². The van der Waals surface area contributed by atoms with Crippen molar-refractivity contribution in [1.29, 1.82) is 0 Å². The predicted octanol–water partition coefficient (Wildman–Crippen LogP) is 3.55. The fourth-order valence-corrected chi connectivity index (χ4v) is 4.90. The number of nitrogens with two attached hydrogens (primary N) is 1. The molecule has 0 saturated carbocycles. The van der Waals surface area contributed by atoms with Crippen molar-refractivity contribution in [2.75, 3.05) is 25.4 Å². The van der Waals surface area contributed by atoms with E-state index in [4.69, 9.17) is 15.8 Å². The van der Waals surface area contributed by atoms with E-state index in [1.54, 1.807) is 10.7 Å². The van der Waals surface area contributed by atoms with Gasteiger partial charge >= 0.3 is 5.97 Å². The van der Waals surface area contributed by atoms with E-state index in [-0.39, 0.29) is 12.5 Å². The molecule has 8 nitrogen and oxygen atoms in total. The molecule has 1 saturated heterocycles. The number of carboxylic acid groups (broad SMARTS) is 1. The Morgan fingerprint density at radius 2 is 2.13 bits per heavy atom. The zero-order valence-corrected chi connectivity index (χ0v) is 18.3. The normalized spacial score (nSPS) is 17.4. The van der Waals surface area contributed by atoms with Gasteiger partial charge in [0.25, 0.3) is 0 Å². The molecule has 9 heteroatoms. The number of pyridine rings is 1. The molecule has 0 spiro atoms. The summed E-state index contributed by atoms with van der Waals surface area (Å²) in [5, 5.41) is 14.7. The highest BCUT2D eigenvalue weighted by Crippen LogP contribution is 2.36. The average molecular weight is 481 g/mol. The highest BCUT2D eigenvalue weighted by Gasteiger charge is 2.27. The maximum Gasteiger partial charge on any atom is 0.317 e. The molecule has 1 fully saturated rings. The van der Waals surface area contributed by atoms with Gasteiger partial charge in [-0.2, -0.15) is 9.61 Å². The second-order valence-corrected chi connectivity index (χ2v) is 8.67. The van der Waals surface area contributed by atoms with E-state index in [1.165, 1.54) is 0 Å². The Balaban J connectivity index is 1.59. The SMILES string of the molecule is Nc1c(Br)c(C2CCCN(CC(=O)O)C2)nc2c(-c3cnc4ccccc4c3)cnn12. The molecule has 1 unspecified atom stereocenters. The number of anilines is 1. The third kappa shape index (κ3) is 3.64. The lowest BCUT2D eigenvalue weighted by molar-refractivity contribution is -0.138. The third-order valence-corrected chi connectivity index (χ3v) is 6.61. The number of nitrogen functional groups attached to an aromatic ring is 1. The quantitative estimate of drug-likeness (QED) is 0.459. The number of carboxylic acids is 1. The Hall–Kier alpha value is -3.04. The van der Waals surface area contributed by atoms with Crippen molar-refractivity contribution in [1.82, 2.24) is 24.5 Å². The molecule has 3 N–H and O–H groups in total. The highest BCUT2D eigenvalue weighted by atomic mass is 79.9. The van der Waals surface area contributed by atoms with Crippen LogP contribution in [-0.2, 0) is 4.79 Å². The van der Waals surface area contributed by atoms with Crippen LogP contribution in [0.2, 0.25) is 0 Å². The average Bonchev–Trinajstić information content (AvgIpc) is 3.20. The Bertz CT molecular complexity index is 1300. The number of nitrogens with zero attached hydrogens (tertiary/aromatic N) is 5. The van der Waals surface area contributed by atoms with Crippen LogP contribution in [0.3, 0.4) is 0 Å². The van der Waals surface area contributed by atoms with Crippen LogP contribution in [0.25, 0.3) is 27.7 Å². The monoisotopic (exact) mass is 480 g/mol. The molecule has 0 aliphatic carbocycles. The van der Waals surface area contributed by atoms with E-state index in [0.717, 1.165) is 47.1 Å². The van der Waals surface area contributed by atoms with E-state index < -0.39 is 5.97 Å². The number of carbonyl (C=O) groups is 1. The van der Waals surface area contributed by atoms with Crippen LogP contribution >= 0.6 is 15.9 Å². The Labute approximate surface area is 186 Å². The van der Waals surface area contributed by atoms with Crippen molar-refractivity contribution in [3.63, 3.8) is 0 Å². The van der Waals surface area contributed by atoms with Crippen LogP contribution in [0.1, 0.15) is 24.5 Å². The van der Waals surface area contributed by atoms with Crippen LogP contribution in [0.4, 0.5) is 5.82 Å². The number of likely N-dealkylation sites (tertiary alicyclic amines) is 1. The zero-order valence-electron chi connectivity index (χ0n) is 16.7. The molecule has 3 aromatic heterocycles. The molecule has 4 aromatic rings. The molecule has 0 amide bonds. The van der Waals surface area contributed by atoms with Crippen molar-refractivity contribution in [3.8, 4) is 11.1 Å². The van der Waals surface area contributed by atoms with E-state index in [9.17, 15) is 4.79 Å². The third-order valence-electron chi connectivity index (χ3n) is 5.80. The number of aromatic nitrogens is 4. The van der Waals surface area contributed by atoms with Crippen molar-refractivity contribution >= 4 is 44.3 Å². The van der Waals surface area contributed by atoms with Crippen LogP contribution in [0.5, 0.6) is 0 Å². The van der Waals surface area contributed by atoms with Gasteiger partial charge in [-0.1, -0.05) is 18.2 Å². The van der Waals surface area contributed by atoms with E-state index >= 15 is 0 Å². The molecule has 0 radical (unpaired) electrons. The molecule has 31 heavy (non-hydrogen) atoms. The number of piperidine rings is 1. The van der Waals surface area contributed by atoms with E-state index in [0.29, 0.717) is 22.5 Å². The van der Waals surface area contributed by atoms with Crippen LogP contribution < -0.4 is 5.73 Å². The number of benzene rings is 1. The lowest BCUT2D eigenvalue weighted by Gasteiger charge is -2.31. The number of hydrogen-bond donors (Lipinski definition) is 2. The number of para-hydroxylation sites is 1. The summed E-state index contributed by atoms with van der Waals surface area (Å²) < 4.78 is 2.35. The van der Waals surface area contributed by atoms with Gasteiger partial charge in [-0.05, 0) is 47.4 Å². The molecule has 1 atom stereocenters. The summed E-state index contributed by atoms with van der Waals surface area (Å²) in [4.78, 5) is 22.6. The molecule has 158 valence electrons. The van der Waals surface area contributed by atoms with Gasteiger partial charge in [-0.15, -0.1) is 0 Å². The first-order chi connectivity index (χ1) is 15.0. The Morgan fingerprint density at radius 1 is 1.29 bits per heavy atom. The summed E-state index contributed by atoms with van der Waals surface area (Å²) >= 11 is 3.61. The molecule has 1 aliphatic rings. The molecule has 5 rings (SSSR count). The summed E-state index contributed by atoms with van der Waals surface area (Å²) in [5.74, 6) is -0.243. The maximum absolute atomic E-state index is 11.2. The minimum Gasteiger partial charge on any atom is -0.480 e. The van der Waals surface area contributed by atoms with Gasteiger partial charge in [0, 0.05) is 35.2 Å². The Kier molecular flexibility index (Phi) is 5.07. The van der Waals surface area contributed by atoms with Gasteiger partial charge in [0.1, 0.15) is 5.82 Å². The molecule has 4 heterocycles. The summed E-state index contributed by atoms with van der Waals surface area (Å²) in [5.41, 5.74) is 10.6. The van der Waals surface area contributed by atoms with Gasteiger partial charge in [0.05, 0.1) is 28.4 Å². The second kappa shape index (κ2) is 7.90. The number of aliphatic carboxylic acids is 1. The van der Waals surface area contributed by atoms with E-state index in [1.807, 2.05) is 35.4 Å². The van der Waals surface area contributed by atoms with Gasteiger partial charge in [-0.3, -0.25) is 14.7 Å².